The Morgan fingerprint density at radius 3 is 2.23 bits per heavy atom. The van der Waals surface area contributed by atoms with Crippen LogP contribution in [0.25, 0.3) is 0 Å². The van der Waals surface area contributed by atoms with Gasteiger partial charge in [-0.25, -0.2) is 0 Å². The maximum absolute atomic E-state index is 11.7. The molecule has 1 nitrogen and oxygen atoms in total. The van der Waals surface area contributed by atoms with Crippen molar-refractivity contribution in [1.29, 1.82) is 0 Å². The van der Waals surface area contributed by atoms with Crippen molar-refractivity contribution in [3.63, 3.8) is 0 Å². The molecule has 0 aromatic carbocycles. The van der Waals surface area contributed by atoms with Crippen molar-refractivity contribution in [3.8, 4) is 0 Å². The van der Waals surface area contributed by atoms with Gasteiger partial charge in [0.1, 0.15) is 0 Å². The van der Waals surface area contributed by atoms with E-state index in [0.717, 1.165) is 31.3 Å². The molecule has 0 unspecified atom stereocenters. The Hall–Kier alpha value is -0.590. The van der Waals surface area contributed by atoms with E-state index in [-0.39, 0.29) is 5.92 Å². The van der Waals surface area contributed by atoms with E-state index in [9.17, 15) is 4.79 Å². The molecule has 0 N–H and O–H groups in total. The summed E-state index contributed by atoms with van der Waals surface area (Å²) < 4.78 is 0. The molecule has 0 aliphatic carbocycles. The van der Waals surface area contributed by atoms with E-state index in [0.29, 0.717) is 5.78 Å². The second-order valence-corrected chi connectivity index (χ2v) is 3.79. The number of hydrogen-bond acceptors (Lipinski definition) is 1. The number of hydrogen-bond donors (Lipinski definition) is 0. The van der Waals surface area contributed by atoms with Crippen LogP contribution in [0.2, 0.25) is 0 Å². The van der Waals surface area contributed by atoms with Gasteiger partial charge in [-0.15, -0.1) is 0 Å². The molecule has 0 bridgehead atoms. The van der Waals surface area contributed by atoms with E-state index in [2.05, 4.69) is 19.9 Å². The number of allylic oxidation sites excluding steroid dienone is 2. The van der Waals surface area contributed by atoms with Crippen LogP contribution in [0.4, 0.5) is 0 Å². The summed E-state index contributed by atoms with van der Waals surface area (Å²) >= 11 is 0. The van der Waals surface area contributed by atoms with Crippen LogP contribution < -0.4 is 0 Å². The first-order valence-electron chi connectivity index (χ1n) is 5.36. The minimum absolute atomic E-state index is 0.148. The van der Waals surface area contributed by atoms with E-state index in [1.54, 1.807) is 0 Å². The molecule has 0 spiro atoms. The summed E-state index contributed by atoms with van der Waals surface area (Å²) in [6.07, 6.45) is 6.28. The van der Waals surface area contributed by atoms with Gasteiger partial charge in [0.25, 0.3) is 0 Å². The van der Waals surface area contributed by atoms with Gasteiger partial charge in [-0.05, 0) is 18.4 Å². The summed E-state index contributed by atoms with van der Waals surface area (Å²) in [5.74, 6) is 0.477. The molecule has 0 atom stereocenters. The molecule has 0 aliphatic heterocycles. The Morgan fingerprint density at radius 2 is 1.85 bits per heavy atom. The largest absolute Gasteiger partial charge is 0.294 e. The zero-order valence-electron chi connectivity index (χ0n) is 9.39. The SMILES string of the molecule is CCC/C=C(/CCC)C(=O)C(C)C. The van der Waals surface area contributed by atoms with E-state index in [4.69, 9.17) is 0 Å². The maximum atomic E-state index is 11.7. The molecule has 0 amide bonds. The fraction of sp³-hybridized carbons (Fsp3) is 0.750. The molecule has 76 valence electrons. The van der Waals surface area contributed by atoms with E-state index in [1.807, 2.05) is 13.8 Å². The maximum Gasteiger partial charge on any atom is 0.161 e. The third-order valence-electron chi connectivity index (χ3n) is 2.04. The molecule has 0 radical (unpaired) electrons. The van der Waals surface area contributed by atoms with Crippen molar-refractivity contribution < 1.29 is 4.79 Å². The van der Waals surface area contributed by atoms with E-state index in [1.165, 1.54) is 0 Å². The van der Waals surface area contributed by atoms with Gasteiger partial charge in [0.15, 0.2) is 5.78 Å². The van der Waals surface area contributed by atoms with Crippen molar-refractivity contribution in [3.05, 3.63) is 11.6 Å². The number of unbranched alkanes of at least 4 members (excludes halogenated alkanes) is 1. The molecular weight excluding hydrogens is 160 g/mol. The summed E-state index contributed by atoms with van der Waals surface area (Å²) in [5.41, 5.74) is 1.04. The molecule has 13 heavy (non-hydrogen) atoms. The van der Waals surface area contributed by atoms with Gasteiger partial charge in [0.05, 0.1) is 0 Å². The van der Waals surface area contributed by atoms with Crippen LogP contribution in [-0.4, -0.2) is 5.78 Å². The predicted molar refractivity (Wildman–Crippen MR) is 57.7 cm³/mol. The molecule has 0 saturated carbocycles. The Kier molecular flexibility index (Phi) is 6.56. The first kappa shape index (κ1) is 12.4. The first-order valence-corrected chi connectivity index (χ1v) is 5.36. The lowest BCUT2D eigenvalue weighted by atomic mass is 9.96. The molecule has 0 fully saturated rings. The highest BCUT2D eigenvalue weighted by Gasteiger charge is 2.11. The van der Waals surface area contributed by atoms with Crippen LogP contribution in [0.15, 0.2) is 11.6 Å². The van der Waals surface area contributed by atoms with Crippen LogP contribution in [-0.2, 0) is 4.79 Å². The number of carbonyl (C=O) groups is 1. The number of ketones is 1. The van der Waals surface area contributed by atoms with Crippen molar-refractivity contribution in [2.45, 2.75) is 53.4 Å². The Labute approximate surface area is 82.2 Å². The predicted octanol–water partition coefficient (Wildman–Crippen LogP) is 3.74. The molecule has 0 aromatic rings. The van der Waals surface area contributed by atoms with Crippen LogP contribution in [0.3, 0.4) is 0 Å². The summed E-state index contributed by atoms with van der Waals surface area (Å²) in [4.78, 5) is 11.7. The second kappa shape index (κ2) is 6.88. The fourth-order valence-electron chi connectivity index (χ4n) is 1.28. The number of Topliss-reactive ketones (excluding diaryl/α,β-unsaturated/α-hetero) is 1. The molecular formula is C12H22O. The topological polar surface area (TPSA) is 17.1 Å². The van der Waals surface area contributed by atoms with E-state index < -0.39 is 0 Å². The second-order valence-electron chi connectivity index (χ2n) is 3.79. The van der Waals surface area contributed by atoms with Gasteiger partial charge < -0.3 is 0 Å². The van der Waals surface area contributed by atoms with Gasteiger partial charge in [-0.3, -0.25) is 4.79 Å². The van der Waals surface area contributed by atoms with Crippen molar-refractivity contribution >= 4 is 5.78 Å². The van der Waals surface area contributed by atoms with Crippen molar-refractivity contribution in [2.75, 3.05) is 0 Å². The first-order chi connectivity index (χ1) is 6.13. The van der Waals surface area contributed by atoms with Crippen molar-refractivity contribution in [2.24, 2.45) is 5.92 Å². The third kappa shape index (κ3) is 4.87. The van der Waals surface area contributed by atoms with Gasteiger partial charge >= 0.3 is 0 Å². The Morgan fingerprint density at radius 1 is 1.23 bits per heavy atom. The van der Waals surface area contributed by atoms with Gasteiger partial charge in [0, 0.05) is 5.92 Å². The molecule has 0 aromatic heterocycles. The quantitative estimate of drug-likeness (QED) is 0.572. The highest BCUT2D eigenvalue weighted by Crippen LogP contribution is 2.13. The third-order valence-corrected chi connectivity index (χ3v) is 2.04. The minimum Gasteiger partial charge on any atom is -0.294 e. The number of carbonyl (C=O) groups excluding carboxylic acids is 1. The highest BCUT2D eigenvalue weighted by molar-refractivity contribution is 5.96. The lowest BCUT2D eigenvalue weighted by molar-refractivity contribution is -0.118. The van der Waals surface area contributed by atoms with Crippen LogP contribution in [0.1, 0.15) is 53.4 Å². The monoisotopic (exact) mass is 182 g/mol. The minimum atomic E-state index is 0.148. The average Bonchev–Trinajstić information content (AvgIpc) is 2.11. The van der Waals surface area contributed by atoms with E-state index >= 15 is 0 Å². The van der Waals surface area contributed by atoms with Crippen LogP contribution in [0.5, 0.6) is 0 Å². The molecule has 0 rings (SSSR count). The Balaban J connectivity index is 4.31. The molecule has 0 aliphatic rings. The van der Waals surface area contributed by atoms with Crippen LogP contribution >= 0.6 is 0 Å². The van der Waals surface area contributed by atoms with Crippen LogP contribution in [0, 0.1) is 5.92 Å². The lowest BCUT2D eigenvalue weighted by Gasteiger charge is -2.07. The van der Waals surface area contributed by atoms with Gasteiger partial charge in [-0.1, -0.05) is 46.6 Å². The van der Waals surface area contributed by atoms with Gasteiger partial charge in [-0.2, -0.15) is 0 Å². The standard InChI is InChI=1S/C12H22O/c1-5-7-9-11(8-6-2)12(13)10(3)4/h9-10H,5-8H2,1-4H3/b11-9-. The summed E-state index contributed by atoms with van der Waals surface area (Å²) in [6, 6.07) is 0. The smallest absolute Gasteiger partial charge is 0.161 e. The normalized spacial score (nSPS) is 12.2. The van der Waals surface area contributed by atoms with Gasteiger partial charge in [0.2, 0.25) is 0 Å². The number of rotatable bonds is 6. The zero-order valence-corrected chi connectivity index (χ0v) is 9.39. The average molecular weight is 182 g/mol. The summed E-state index contributed by atoms with van der Waals surface area (Å²) in [5, 5.41) is 0. The zero-order chi connectivity index (χ0) is 10.3. The summed E-state index contributed by atoms with van der Waals surface area (Å²) in [7, 11) is 0. The highest BCUT2D eigenvalue weighted by atomic mass is 16.1. The fourth-order valence-corrected chi connectivity index (χ4v) is 1.28. The molecule has 0 saturated heterocycles. The lowest BCUT2D eigenvalue weighted by Crippen LogP contribution is -2.10. The Bertz CT molecular complexity index is 178. The molecule has 1 heteroatoms. The summed E-state index contributed by atoms with van der Waals surface area (Å²) in [6.45, 7) is 8.20. The van der Waals surface area contributed by atoms with Crippen molar-refractivity contribution in [1.82, 2.24) is 0 Å². The molecule has 0 heterocycles.